The summed E-state index contributed by atoms with van der Waals surface area (Å²) in [7, 11) is 0. The van der Waals surface area contributed by atoms with Crippen molar-refractivity contribution in [3.8, 4) is 23.1 Å². The molecule has 3 aromatic heterocycles. The minimum atomic E-state index is -4.51. The topological polar surface area (TPSA) is 138 Å². The molecule has 43 heavy (non-hydrogen) atoms. The van der Waals surface area contributed by atoms with Gasteiger partial charge in [-0.1, -0.05) is 18.2 Å². The van der Waals surface area contributed by atoms with Crippen LogP contribution in [0, 0.1) is 0 Å². The van der Waals surface area contributed by atoms with Crippen LogP contribution in [0.5, 0.6) is 5.88 Å². The van der Waals surface area contributed by atoms with Crippen LogP contribution in [0.4, 0.5) is 19.0 Å². The van der Waals surface area contributed by atoms with Crippen LogP contribution in [0.2, 0.25) is 0 Å². The predicted molar refractivity (Wildman–Crippen MR) is 147 cm³/mol. The van der Waals surface area contributed by atoms with Crippen molar-refractivity contribution in [3.63, 3.8) is 0 Å². The minimum Gasteiger partial charge on any atom is -0.379 e. The Morgan fingerprint density at radius 3 is 2.47 bits per heavy atom. The van der Waals surface area contributed by atoms with Crippen LogP contribution in [0.15, 0.2) is 71.5 Å². The molecule has 0 bridgehead atoms. The minimum absolute atomic E-state index is 0.0596. The van der Waals surface area contributed by atoms with Crippen molar-refractivity contribution in [2.45, 2.75) is 6.18 Å². The van der Waals surface area contributed by atoms with Crippen molar-refractivity contribution in [3.05, 3.63) is 78.0 Å². The number of pyridine rings is 1. The zero-order valence-corrected chi connectivity index (χ0v) is 22.6. The van der Waals surface area contributed by atoms with Crippen LogP contribution < -0.4 is 10.6 Å². The van der Waals surface area contributed by atoms with Gasteiger partial charge in [0.25, 0.3) is 5.91 Å². The number of hydrogen-bond donors (Lipinski definition) is 1. The highest BCUT2D eigenvalue weighted by atomic mass is 19.4. The SMILES string of the molecule is Nc1nonc1-c1nc2cnc(ON(CCN3CCOCC3)C(=O)c3ccccc3)cc2n1-c1ccc(C(F)(F)F)cc1. The number of hydrogen-bond acceptors (Lipinski definition) is 10. The summed E-state index contributed by atoms with van der Waals surface area (Å²) in [4.78, 5) is 30.6. The number of hydroxylamine groups is 2. The predicted octanol–water partition coefficient (Wildman–Crippen LogP) is 3.84. The Kier molecular flexibility index (Phi) is 7.65. The summed E-state index contributed by atoms with van der Waals surface area (Å²) in [5.41, 5.74) is 6.73. The Hall–Kier alpha value is -5.02. The molecule has 4 heterocycles. The molecule has 0 atom stereocenters. The van der Waals surface area contributed by atoms with Crippen LogP contribution in [0.1, 0.15) is 15.9 Å². The summed E-state index contributed by atoms with van der Waals surface area (Å²) in [6, 6.07) is 14.7. The van der Waals surface area contributed by atoms with Crippen LogP contribution in [-0.2, 0) is 10.9 Å². The second-order valence-corrected chi connectivity index (χ2v) is 9.64. The lowest BCUT2D eigenvalue weighted by molar-refractivity contribution is -0.137. The number of alkyl halides is 3. The molecule has 5 aromatic rings. The molecule has 6 rings (SSSR count). The highest BCUT2D eigenvalue weighted by Gasteiger charge is 2.30. The fourth-order valence-corrected chi connectivity index (χ4v) is 4.67. The van der Waals surface area contributed by atoms with Gasteiger partial charge in [-0.25, -0.2) is 14.6 Å². The van der Waals surface area contributed by atoms with Crippen molar-refractivity contribution >= 4 is 22.8 Å². The number of carbonyl (C=O) groups excluding carboxylic acids is 1. The molecule has 0 aliphatic carbocycles. The first-order chi connectivity index (χ1) is 20.8. The van der Waals surface area contributed by atoms with Gasteiger partial charge < -0.3 is 15.3 Å². The average Bonchev–Trinajstić information content (AvgIpc) is 3.62. The normalized spacial score (nSPS) is 14.2. The largest absolute Gasteiger partial charge is 0.416 e. The standard InChI is InChI=1S/C28H25F3N8O4/c29-28(30,31)19-6-8-20(9-7-19)39-22-16-23(33-17-21(22)34-26(39)24-25(32)36-43-35-24)42-38(11-10-37-12-14-41-15-13-37)27(40)18-4-2-1-3-5-18/h1-9,16-17H,10-15H2,(H2,32,36). The number of imidazole rings is 1. The van der Waals surface area contributed by atoms with Crippen LogP contribution in [-0.4, -0.2) is 80.1 Å². The Balaban J connectivity index is 1.38. The van der Waals surface area contributed by atoms with E-state index in [9.17, 15) is 18.0 Å². The van der Waals surface area contributed by atoms with E-state index in [0.717, 1.165) is 25.2 Å². The van der Waals surface area contributed by atoms with Gasteiger partial charge in [-0.3, -0.25) is 14.3 Å². The van der Waals surface area contributed by atoms with Gasteiger partial charge in [-0.2, -0.15) is 18.2 Å². The summed E-state index contributed by atoms with van der Waals surface area (Å²) in [5, 5.41) is 8.66. The first-order valence-electron chi connectivity index (χ1n) is 13.3. The van der Waals surface area contributed by atoms with E-state index in [1.807, 2.05) is 6.07 Å². The molecule has 2 N–H and O–H groups in total. The second-order valence-electron chi connectivity index (χ2n) is 9.64. The number of fused-ring (bicyclic) bond motifs is 1. The van der Waals surface area contributed by atoms with E-state index in [2.05, 4.69) is 25.2 Å². The van der Waals surface area contributed by atoms with E-state index in [4.69, 9.17) is 19.9 Å². The lowest BCUT2D eigenvalue weighted by Crippen LogP contribution is -2.44. The molecule has 1 saturated heterocycles. The van der Waals surface area contributed by atoms with Crippen molar-refractivity contribution in [1.29, 1.82) is 0 Å². The molecule has 15 heteroatoms. The molecule has 2 aromatic carbocycles. The summed E-state index contributed by atoms with van der Waals surface area (Å²) in [6.45, 7) is 3.44. The molecule has 0 saturated carbocycles. The number of ether oxygens (including phenoxy) is 1. The number of anilines is 1. The van der Waals surface area contributed by atoms with Gasteiger partial charge in [-0.15, -0.1) is 0 Å². The highest BCUT2D eigenvalue weighted by molar-refractivity contribution is 5.93. The highest BCUT2D eigenvalue weighted by Crippen LogP contribution is 2.34. The third-order valence-electron chi connectivity index (χ3n) is 6.87. The van der Waals surface area contributed by atoms with Crippen LogP contribution in [0.25, 0.3) is 28.2 Å². The Morgan fingerprint density at radius 1 is 1.05 bits per heavy atom. The molecule has 1 amide bonds. The third-order valence-corrected chi connectivity index (χ3v) is 6.87. The number of morpholine rings is 1. The summed E-state index contributed by atoms with van der Waals surface area (Å²) in [5.74, 6) is -0.202. The number of rotatable bonds is 8. The summed E-state index contributed by atoms with van der Waals surface area (Å²) >= 11 is 0. The monoisotopic (exact) mass is 594 g/mol. The lowest BCUT2D eigenvalue weighted by atomic mass is 10.2. The zero-order chi connectivity index (χ0) is 30.0. The molecule has 0 radical (unpaired) electrons. The number of nitrogen functional groups attached to an aromatic ring is 1. The maximum absolute atomic E-state index is 13.5. The van der Waals surface area contributed by atoms with Crippen molar-refractivity contribution in [2.75, 3.05) is 45.1 Å². The number of nitrogens with zero attached hydrogens (tertiary/aromatic N) is 7. The van der Waals surface area contributed by atoms with Gasteiger partial charge in [0.05, 0.1) is 37.0 Å². The number of carbonyl (C=O) groups is 1. The lowest BCUT2D eigenvalue weighted by Gasteiger charge is -2.29. The van der Waals surface area contributed by atoms with Crippen LogP contribution >= 0.6 is 0 Å². The fraction of sp³-hybridized carbons (Fsp3) is 0.250. The molecule has 1 aliphatic rings. The average molecular weight is 595 g/mol. The van der Waals surface area contributed by atoms with E-state index < -0.39 is 11.7 Å². The number of aromatic nitrogens is 5. The first-order valence-corrected chi connectivity index (χ1v) is 13.3. The number of amides is 1. The Labute approximate surface area is 242 Å². The molecular weight excluding hydrogens is 569 g/mol. The summed E-state index contributed by atoms with van der Waals surface area (Å²) < 4.78 is 51.6. The van der Waals surface area contributed by atoms with Crippen molar-refractivity contribution in [1.82, 2.24) is 34.8 Å². The molecule has 0 spiro atoms. The maximum Gasteiger partial charge on any atom is 0.416 e. The maximum atomic E-state index is 13.5. The van der Waals surface area contributed by atoms with E-state index in [1.165, 1.54) is 34.0 Å². The van der Waals surface area contributed by atoms with Gasteiger partial charge >= 0.3 is 6.18 Å². The van der Waals surface area contributed by atoms with E-state index in [-0.39, 0.29) is 35.7 Å². The van der Waals surface area contributed by atoms with Crippen molar-refractivity contribution < 1.29 is 32.2 Å². The molecule has 1 aliphatic heterocycles. The number of nitrogens with two attached hydrogens (primary N) is 1. The molecule has 12 nitrogen and oxygen atoms in total. The number of benzene rings is 2. The van der Waals surface area contributed by atoms with Gasteiger partial charge in [0.1, 0.15) is 5.52 Å². The van der Waals surface area contributed by atoms with Crippen LogP contribution in [0.3, 0.4) is 0 Å². The van der Waals surface area contributed by atoms with E-state index in [0.29, 0.717) is 42.0 Å². The van der Waals surface area contributed by atoms with Gasteiger partial charge in [0, 0.05) is 37.0 Å². The van der Waals surface area contributed by atoms with E-state index in [1.54, 1.807) is 24.3 Å². The van der Waals surface area contributed by atoms with Gasteiger partial charge in [0.15, 0.2) is 17.3 Å². The summed E-state index contributed by atoms with van der Waals surface area (Å²) in [6.07, 6.45) is -3.09. The molecule has 0 unspecified atom stereocenters. The quantitative estimate of drug-likeness (QED) is 0.264. The fourth-order valence-electron chi connectivity index (χ4n) is 4.67. The smallest absolute Gasteiger partial charge is 0.379 e. The van der Waals surface area contributed by atoms with Crippen molar-refractivity contribution in [2.24, 2.45) is 0 Å². The zero-order valence-electron chi connectivity index (χ0n) is 22.6. The Morgan fingerprint density at radius 2 is 1.79 bits per heavy atom. The first kappa shape index (κ1) is 28.1. The van der Waals surface area contributed by atoms with E-state index >= 15 is 0 Å². The van der Waals surface area contributed by atoms with Gasteiger partial charge in [-0.05, 0) is 46.7 Å². The molecule has 1 fully saturated rings. The Bertz CT molecular complexity index is 1720. The molecule has 222 valence electrons. The second kappa shape index (κ2) is 11.7. The van der Waals surface area contributed by atoms with Gasteiger partial charge in [0.2, 0.25) is 5.88 Å². The number of halogens is 3. The third kappa shape index (κ3) is 5.98. The molecular formula is C28H25F3N8O4.